The van der Waals surface area contributed by atoms with Crippen molar-refractivity contribution in [1.29, 1.82) is 0 Å². The number of carbonyl (C=O) groups is 2. The van der Waals surface area contributed by atoms with Gasteiger partial charge in [0, 0.05) is 12.7 Å². The number of sulfone groups is 1. The first-order chi connectivity index (χ1) is 11.6. The molecule has 0 bridgehead atoms. The smallest absolute Gasteiger partial charge is 0.318 e. The van der Waals surface area contributed by atoms with Gasteiger partial charge in [-0.15, -0.1) is 0 Å². The molecular weight excluding hydrogens is 356 g/mol. The van der Waals surface area contributed by atoms with E-state index in [0.29, 0.717) is 11.4 Å². The lowest BCUT2D eigenvalue weighted by Gasteiger charge is -2.11. The summed E-state index contributed by atoms with van der Waals surface area (Å²) in [4.78, 5) is 23.8. The average molecular weight is 371 g/mol. The van der Waals surface area contributed by atoms with Crippen molar-refractivity contribution < 1.29 is 26.8 Å². The van der Waals surface area contributed by atoms with E-state index < -0.39 is 32.2 Å². The lowest BCUT2D eigenvalue weighted by Crippen LogP contribution is -2.25. The highest BCUT2D eigenvalue weighted by Crippen LogP contribution is 2.26. The third kappa shape index (κ3) is 3.43. The number of Topliss-reactive ketones (excluding diaryl/α,β-unsaturated/α-hetero) is 1. The van der Waals surface area contributed by atoms with Gasteiger partial charge < -0.3 is 5.32 Å². The third-order valence-electron chi connectivity index (χ3n) is 3.62. The predicted octanol–water partition coefficient (Wildman–Crippen LogP) is 1.85. The molecule has 2 aromatic rings. The van der Waals surface area contributed by atoms with Crippen LogP contribution in [-0.4, -0.2) is 35.6 Å². The van der Waals surface area contributed by atoms with E-state index in [1.54, 1.807) is 20.9 Å². The summed E-state index contributed by atoms with van der Waals surface area (Å²) in [6, 6.07) is 4.65. The molecule has 10 heteroatoms. The zero-order valence-electron chi connectivity index (χ0n) is 13.6. The number of aromatic nitrogens is 2. The Kier molecular flexibility index (Phi) is 5.02. The highest BCUT2D eigenvalue weighted by Gasteiger charge is 2.31. The van der Waals surface area contributed by atoms with Crippen LogP contribution in [0.5, 0.6) is 0 Å². The van der Waals surface area contributed by atoms with Crippen LogP contribution in [-0.2, 0) is 21.7 Å². The van der Waals surface area contributed by atoms with Gasteiger partial charge in [-0.25, -0.2) is 8.42 Å². The second-order valence-corrected chi connectivity index (χ2v) is 7.14. The average Bonchev–Trinajstić information content (AvgIpc) is 2.79. The molecule has 7 nitrogen and oxygen atoms in total. The van der Waals surface area contributed by atoms with Gasteiger partial charge in [0.25, 0.3) is 11.7 Å². The lowest BCUT2D eigenvalue weighted by atomic mass is 10.1. The second-order valence-electron chi connectivity index (χ2n) is 5.25. The molecule has 25 heavy (non-hydrogen) atoms. The molecule has 0 radical (unpaired) electrons. The number of carbonyl (C=O) groups excluding carboxylic acids is 2. The topological polar surface area (TPSA) is 98.1 Å². The monoisotopic (exact) mass is 371 g/mol. The van der Waals surface area contributed by atoms with Crippen molar-refractivity contribution in [2.75, 3.05) is 5.32 Å². The molecule has 0 saturated heterocycles. The molecule has 0 saturated carbocycles. The molecule has 0 aliphatic carbocycles. The first kappa shape index (κ1) is 18.7. The van der Waals surface area contributed by atoms with Crippen LogP contribution in [0.25, 0.3) is 0 Å². The fourth-order valence-electron chi connectivity index (χ4n) is 2.31. The van der Waals surface area contributed by atoms with Gasteiger partial charge in [-0.05, 0) is 26.0 Å². The van der Waals surface area contributed by atoms with Gasteiger partial charge >= 0.3 is 5.76 Å². The molecule has 2 rings (SSSR count). The maximum atomic E-state index is 12.8. The number of halogens is 2. The number of para-hydroxylation sites is 1. The summed E-state index contributed by atoms with van der Waals surface area (Å²) in [5.41, 5.74) is 0.467. The number of hydrogen-bond acceptors (Lipinski definition) is 5. The number of anilines is 1. The molecule has 1 heterocycles. The summed E-state index contributed by atoms with van der Waals surface area (Å²) in [6.45, 7) is 3.14. The SMILES string of the molecule is Cc1nn(C)c(C)c1C(=O)C(=O)Nc1ccccc1S(=O)(=O)C(F)F. The number of aryl methyl sites for hydroxylation is 2. The number of hydrogen-bond donors (Lipinski definition) is 1. The van der Waals surface area contributed by atoms with Crippen molar-refractivity contribution in [3.05, 3.63) is 41.2 Å². The van der Waals surface area contributed by atoms with Crippen LogP contribution in [0, 0.1) is 13.8 Å². The predicted molar refractivity (Wildman–Crippen MR) is 85.3 cm³/mol. The number of benzene rings is 1. The molecule has 1 N–H and O–H groups in total. The summed E-state index contributed by atoms with van der Waals surface area (Å²) < 4.78 is 50.3. The fourth-order valence-corrected chi connectivity index (χ4v) is 3.19. The summed E-state index contributed by atoms with van der Waals surface area (Å²) in [6.07, 6.45) is 0. The van der Waals surface area contributed by atoms with E-state index in [1.165, 1.54) is 16.8 Å². The molecule has 0 atom stereocenters. The standard InChI is InChI=1S/C15H15F2N3O4S/c1-8-12(9(2)20(3)19-8)13(21)14(22)18-10-6-4-5-7-11(10)25(23,24)15(16)17/h4-7,15H,1-3H3,(H,18,22). The normalized spacial score (nSPS) is 11.6. The Hall–Kier alpha value is -2.62. The van der Waals surface area contributed by atoms with Crippen molar-refractivity contribution in [2.45, 2.75) is 24.5 Å². The van der Waals surface area contributed by atoms with Crippen molar-refractivity contribution in [2.24, 2.45) is 7.05 Å². The number of nitrogens with one attached hydrogen (secondary N) is 1. The molecular formula is C15H15F2N3O4S. The van der Waals surface area contributed by atoms with E-state index in [1.807, 2.05) is 0 Å². The van der Waals surface area contributed by atoms with Crippen LogP contribution in [0.3, 0.4) is 0 Å². The van der Waals surface area contributed by atoms with Crippen molar-refractivity contribution in [3.8, 4) is 0 Å². The van der Waals surface area contributed by atoms with Crippen LogP contribution in [0.1, 0.15) is 21.7 Å². The molecule has 134 valence electrons. The zero-order valence-corrected chi connectivity index (χ0v) is 14.4. The van der Waals surface area contributed by atoms with Gasteiger partial charge in [0.05, 0.1) is 21.8 Å². The van der Waals surface area contributed by atoms with E-state index in [-0.39, 0.29) is 11.3 Å². The number of amides is 1. The van der Waals surface area contributed by atoms with Gasteiger partial charge in [-0.2, -0.15) is 13.9 Å². The van der Waals surface area contributed by atoms with Gasteiger partial charge in [0.2, 0.25) is 9.84 Å². The maximum absolute atomic E-state index is 12.8. The van der Waals surface area contributed by atoms with Crippen LogP contribution in [0.15, 0.2) is 29.2 Å². The summed E-state index contributed by atoms with van der Waals surface area (Å²) >= 11 is 0. The molecule has 0 aliphatic heterocycles. The highest BCUT2D eigenvalue weighted by atomic mass is 32.2. The minimum absolute atomic E-state index is 0.0780. The quantitative estimate of drug-likeness (QED) is 0.639. The third-order valence-corrected chi connectivity index (χ3v) is 5.06. The van der Waals surface area contributed by atoms with Crippen LogP contribution < -0.4 is 5.32 Å². The Bertz CT molecular complexity index is 952. The maximum Gasteiger partial charge on any atom is 0.341 e. The molecule has 0 fully saturated rings. The van der Waals surface area contributed by atoms with E-state index in [9.17, 15) is 26.8 Å². The Morgan fingerprint density at radius 2 is 1.80 bits per heavy atom. The number of rotatable bonds is 5. The van der Waals surface area contributed by atoms with Crippen molar-refractivity contribution in [1.82, 2.24) is 9.78 Å². The fraction of sp³-hybridized carbons (Fsp3) is 0.267. The van der Waals surface area contributed by atoms with Gasteiger partial charge in [-0.1, -0.05) is 12.1 Å². The Morgan fingerprint density at radius 1 is 1.20 bits per heavy atom. The highest BCUT2D eigenvalue weighted by molar-refractivity contribution is 7.91. The van der Waals surface area contributed by atoms with Gasteiger partial charge in [-0.3, -0.25) is 14.3 Å². The van der Waals surface area contributed by atoms with Gasteiger partial charge in [0.1, 0.15) is 0 Å². The summed E-state index contributed by atoms with van der Waals surface area (Å²) in [5.74, 6) is -5.73. The first-order valence-corrected chi connectivity index (χ1v) is 8.59. The zero-order chi connectivity index (χ0) is 18.9. The van der Waals surface area contributed by atoms with Crippen molar-refractivity contribution in [3.63, 3.8) is 0 Å². The van der Waals surface area contributed by atoms with Crippen LogP contribution in [0.4, 0.5) is 14.5 Å². The van der Waals surface area contributed by atoms with E-state index in [4.69, 9.17) is 0 Å². The first-order valence-electron chi connectivity index (χ1n) is 7.04. The summed E-state index contributed by atoms with van der Waals surface area (Å²) in [5, 5.41) is 6.12. The molecule has 1 aromatic carbocycles. The number of ketones is 1. The van der Waals surface area contributed by atoms with Crippen LogP contribution >= 0.6 is 0 Å². The second kappa shape index (κ2) is 6.71. The molecule has 0 unspecified atom stereocenters. The van der Waals surface area contributed by atoms with Gasteiger partial charge in [0.15, 0.2) is 0 Å². The molecule has 1 aromatic heterocycles. The number of alkyl halides is 2. The molecule has 0 spiro atoms. The number of nitrogens with zero attached hydrogens (tertiary/aromatic N) is 2. The minimum Gasteiger partial charge on any atom is -0.318 e. The van der Waals surface area contributed by atoms with E-state index in [2.05, 4.69) is 10.4 Å². The Balaban J connectivity index is 2.38. The van der Waals surface area contributed by atoms with Crippen molar-refractivity contribution >= 4 is 27.2 Å². The minimum atomic E-state index is -4.93. The molecule has 1 amide bonds. The van der Waals surface area contributed by atoms with Crippen LogP contribution in [0.2, 0.25) is 0 Å². The van der Waals surface area contributed by atoms with E-state index >= 15 is 0 Å². The summed E-state index contributed by atoms with van der Waals surface area (Å²) in [7, 11) is -3.33. The Labute approximate surface area is 142 Å². The Morgan fingerprint density at radius 3 is 2.32 bits per heavy atom. The largest absolute Gasteiger partial charge is 0.341 e. The van der Waals surface area contributed by atoms with E-state index in [0.717, 1.165) is 12.1 Å². The molecule has 0 aliphatic rings. The lowest BCUT2D eigenvalue weighted by molar-refractivity contribution is -0.112.